The first-order valence-electron chi connectivity index (χ1n) is 8.13. The van der Waals surface area contributed by atoms with E-state index in [1.54, 1.807) is 17.0 Å². The summed E-state index contributed by atoms with van der Waals surface area (Å²) in [5.41, 5.74) is 5.49. The van der Waals surface area contributed by atoms with Crippen molar-refractivity contribution < 1.29 is 14.7 Å². The van der Waals surface area contributed by atoms with Crippen LogP contribution in [-0.4, -0.2) is 28.4 Å². The first kappa shape index (κ1) is 16.2. The number of aryl methyl sites for hydroxylation is 2. The van der Waals surface area contributed by atoms with Gasteiger partial charge in [0.2, 0.25) is 5.91 Å². The molecular formula is C20H21NO3. The number of hydrogen-bond donors (Lipinski definition) is 1. The summed E-state index contributed by atoms with van der Waals surface area (Å²) in [6, 6.07) is 11.4. The van der Waals surface area contributed by atoms with E-state index in [0.717, 1.165) is 16.7 Å². The second-order valence-corrected chi connectivity index (χ2v) is 6.41. The highest BCUT2D eigenvalue weighted by atomic mass is 16.4. The zero-order valence-corrected chi connectivity index (χ0v) is 14.0. The Hall–Kier alpha value is -2.62. The largest absolute Gasteiger partial charge is 0.478 e. The van der Waals surface area contributed by atoms with Gasteiger partial charge in [-0.15, -0.1) is 0 Å². The molecule has 1 aliphatic heterocycles. The molecule has 0 unspecified atom stereocenters. The van der Waals surface area contributed by atoms with Crippen LogP contribution in [0.5, 0.6) is 0 Å². The van der Waals surface area contributed by atoms with E-state index < -0.39 is 5.97 Å². The van der Waals surface area contributed by atoms with Crippen molar-refractivity contribution in [3.05, 3.63) is 69.8 Å². The number of aromatic carboxylic acids is 1. The van der Waals surface area contributed by atoms with Gasteiger partial charge in [0.15, 0.2) is 0 Å². The third-order valence-corrected chi connectivity index (χ3v) is 4.78. The summed E-state index contributed by atoms with van der Waals surface area (Å²) in [4.78, 5) is 25.8. The van der Waals surface area contributed by atoms with E-state index in [-0.39, 0.29) is 5.91 Å². The third kappa shape index (κ3) is 3.18. The Labute approximate surface area is 141 Å². The van der Waals surface area contributed by atoms with Gasteiger partial charge in [-0.25, -0.2) is 4.79 Å². The van der Waals surface area contributed by atoms with Crippen molar-refractivity contribution in [3.63, 3.8) is 0 Å². The summed E-state index contributed by atoms with van der Waals surface area (Å²) in [7, 11) is 0. The van der Waals surface area contributed by atoms with Crippen LogP contribution >= 0.6 is 0 Å². The van der Waals surface area contributed by atoms with Crippen molar-refractivity contribution in [2.24, 2.45) is 0 Å². The fourth-order valence-electron chi connectivity index (χ4n) is 3.19. The molecule has 0 spiro atoms. The molecule has 1 aliphatic rings. The van der Waals surface area contributed by atoms with Crippen LogP contribution in [0.15, 0.2) is 36.4 Å². The number of carboxylic acid groups (broad SMARTS) is 1. The Morgan fingerprint density at radius 3 is 2.62 bits per heavy atom. The summed E-state index contributed by atoms with van der Waals surface area (Å²) in [6.07, 6.45) is 1.06. The minimum atomic E-state index is -0.935. The molecule has 2 aromatic carbocycles. The van der Waals surface area contributed by atoms with Crippen molar-refractivity contribution in [2.45, 2.75) is 33.2 Å². The van der Waals surface area contributed by atoms with Crippen LogP contribution in [0.3, 0.4) is 0 Å². The van der Waals surface area contributed by atoms with Crippen LogP contribution in [0.25, 0.3) is 0 Å². The van der Waals surface area contributed by atoms with Crippen LogP contribution in [0, 0.1) is 13.8 Å². The Kier molecular flexibility index (Phi) is 4.38. The van der Waals surface area contributed by atoms with Gasteiger partial charge in [-0.2, -0.15) is 0 Å². The number of benzene rings is 2. The van der Waals surface area contributed by atoms with Crippen molar-refractivity contribution in [1.82, 2.24) is 4.90 Å². The van der Waals surface area contributed by atoms with Crippen LogP contribution in [0.1, 0.15) is 38.2 Å². The maximum Gasteiger partial charge on any atom is 0.336 e. The number of fused-ring (bicyclic) bond motifs is 1. The van der Waals surface area contributed by atoms with E-state index in [2.05, 4.69) is 6.92 Å². The summed E-state index contributed by atoms with van der Waals surface area (Å²) < 4.78 is 0. The van der Waals surface area contributed by atoms with E-state index in [1.807, 2.05) is 31.2 Å². The monoisotopic (exact) mass is 323 g/mol. The standard InChI is InChI=1S/C20H21NO3/c1-13-6-7-15(10-14(13)2)11-19(22)21-9-8-16-4-3-5-17(20(23)24)18(16)12-21/h3-7,10H,8-9,11-12H2,1-2H3,(H,23,24). The summed E-state index contributed by atoms with van der Waals surface area (Å²) >= 11 is 0. The topological polar surface area (TPSA) is 57.6 Å². The number of rotatable bonds is 3. The Morgan fingerprint density at radius 1 is 1.12 bits per heavy atom. The molecule has 1 heterocycles. The molecule has 2 aromatic rings. The molecule has 1 N–H and O–H groups in total. The van der Waals surface area contributed by atoms with Gasteiger partial charge in [-0.05, 0) is 54.2 Å². The smallest absolute Gasteiger partial charge is 0.336 e. The number of amides is 1. The highest BCUT2D eigenvalue weighted by Gasteiger charge is 2.24. The summed E-state index contributed by atoms with van der Waals surface area (Å²) in [6.45, 7) is 5.11. The van der Waals surface area contributed by atoms with Crippen LogP contribution in [0.2, 0.25) is 0 Å². The fourth-order valence-corrected chi connectivity index (χ4v) is 3.19. The number of hydrogen-bond acceptors (Lipinski definition) is 2. The van der Waals surface area contributed by atoms with E-state index >= 15 is 0 Å². The molecule has 0 aliphatic carbocycles. The van der Waals surface area contributed by atoms with Crippen molar-refractivity contribution in [1.29, 1.82) is 0 Å². The summed E-state index contributed by atoms with van der Waals surface area (Å²) in [5, 5.41) is 9.35. The molecule has 0 saturated carbocycles. The van der Waals surface area contributed by atoms with E-state index in [1.165, 1.54) is 11.1 Å². The molecule has 24 heavy (non-hydrogen) atoms. The molecule has 4 heteroatoms. The molecule has 0 atom stereocenters. The van der Waals surface area contributed by atoms with Gasteiger partial charge in [-0.1, -0.05) is 30.3 Å². The first-order valence-corrected chi connectivity index (χ1v) is 8.13. The van der Waals surface area contributed by atoms with E-state index in [9.17, 15) is 14.7 Å². The predicted molar refractivity (Wildman–Crippen MR) is 92.1 cm³/mol. The molecule has 0 aromatic heterocycles. The molecule has 3 rings (SSSR count). The second kappa shape index (κ2) is 6.48. The van der Waals surface area contributed by atoms with Gasteiger partial charge in [-0.3, -0.25) is 4.79 Å². The maximum atomic E-state index is 12.6. The minimum absolute atomic E-state index is 0.0455. The van der Waals surface area contributed by atoms with Gasteiger partial charge < -0.3 is 10.0 Å². The highest BCUT2D eigenvalue weighted by molar-refractivity contribution is 5.90. The van der Waals surface area contributed by atoms with Crippen molar-refractivity contribution in [3.8, 4) is 0 Å². The van der Waals surface area contributed by atoms with Gasteiger partial charge in [0.25, 0.3) is 0 Å². The zero-order chi connectivity index (χ0) is 17.3. The zero-order valence-electron chi connectivity index (χ0n) is 14.0. The third-order valence-electron chi connectivity index (χ3n) is 4.78. The summed E-state index contributed by atoms with van der Waals surface area (Å²) in [5.74, 6) is -0.889. The first-order chi connectivity index (χ1) is 11.5. The van der Waals surface area contributed by atoms with E-state index in [0.29, 0.717) is 31.5 Å². The van der Waals surface area contributed by atoms with Crippen LogP contribution < -0.4 is 0 Å². The Bertz CT molecular complexity index is 811. The predicted octanol–water partition coefficient (Wildman–Crippen LogP) is 3.13. The van der Waals surface area contributed by atoms with Crippen molar-refractivity contribution in [2.75, 3.05) is 6.54 Å². The number of nitrogens with zero attached hydrogens (tertiary/aromatic N) is 1. The second-order valence-electron chi connectivity index (χ2n) is 6.41. The lowest BCUT2D eigenvalue weighted by molar-refractivity contribution is -0.131. The average molecular weight is 323 g/mol. The molecule has 0 bridgehead atoms. The van der Waals surface area contributed by atoms with E-state index in [4.69, 9.17) is 0 Å². The lowest BCUT2D eigenvalue weighted by Crippen LogP contribution is -2.37. The fraction of sp³-hybridized carbons (Fsp3) is 0.300. The molecule has 0 fully saturated rings. The van der Waals surface area contributed by atoms with Gasteiger partial charge in [0.05, 0.1) is 12.0 Å². The number of carboxylic acids is 1. The molecule has 0 saturated heterocycles. The van der Waals surface area contributed by atoms with Crippen LogP contribution in [-0.2, 0) is 24.2 Å². The molecule has 0 radical (unpaired) electrons. The van der Waals surface area contributed by atoms with Crippen LogP contribution in [0.4, 0.5) is 0 Å². The number of carbonyl (C=O) groups excluding carboxylic acids is 1. The van der Waals surface area contributed by atoms with Gasteiger partial charge in [0, 0.05) is 13.1 Å². The minimum Gasteiger partial charge on any atom is -0.478 e. The Balaban J connectivity index is 1.78. The highest BCUT2D eigenvalue weighted by Crippen LogP contribution is 2.23. The molecule has 4 nitrogen and oxygen atoms in total. The number of carbonyl (C=O) groups is 2. The maximum absolute atomic E-state index is 12.6. The lowest BCUT2D eigenvalue weighted by atomic mass is 9.94. The average Bonchev–Trinajstić information content (AvgIpc) is 2.57. The van der Waals surface area contributed by atoms with Gasteiger partial charge in [0.1, 0.15) is 0 Å². The molecule has 1 amide bonds. The SMILES string of the molecule is Cc1ccc(CC(=O)N2CCc3cccc(C(=O)O)c3C2)cc1C. The molecular weight excluding hydrogens is 302 g/mol. The van der Waals surface area contributed by atoms with Gasteiger partial charge >= 0.3 is 5.97 Å². The lowest BCUT2D eigenvalue weighted by Gasteiger charge is -2.30. The molecule has 124 valence electrons. The Morgan fingerprint density at radius 2 is 1.92 bits per heavy atom. The van der Waals surface area contributed by atoms with Crippen molar-refractivity contribution >= 4 is 11.9 Å². The normalized spacial score (nSPS) is 13.5. The quantitative estimate of drug-likeness (QED) is 0.944.